The molecule has 0 atom stereocenters. The molecule has 0 saturated carbocycles. The van der Waals surface area contributed by atoms with Crippen LogP contribution in [0, 0.1) is 0 Å². The summed E-state index contributed by atoms with van der Waals surface area (Å²) in [5.74, 6) is 0.681. The van der Waals surface area contributed by atoms with Gasteiger partial charge in [-0.3, -0.25) is 4.79 Å². The summed E-state index contributed by atoms with van der Waals surface area (Å²) in [5, 5.41) is 9.99. The predicted molar refractivity (Wildman–Crippen MR) is 133 cm³/mol. The fourth-order valence-electron chi connectivity index (χ4n) is 3.02. The van der Waals surface area contributed by atoms with Gasteiger partial charge in [-0.05, 0) is 43.6 Å². The molecule has 6 nitrogen and oxygen atoms in total. The number of aliphatic imine (C=N–C) groups is 1. The van der Waals surface area contributed by atoms with Crippen LogP contribution in [-0.2, 0) is 30.5 Å². The van der Waals surface area contributed by atoms with Crippen LogP contribution >= 0.6 is 46.7 Å². The lowest BCUT2D eigenvalue weighted by Gasteiger charge is -2.13. The van der Waals surface area contributed by atoms with E-state index in [9.17, 15) is 4.79 Å². The van der Waals surface area contributed by atoms with Crippen molar-refractivity contribution in [1.29, 1.82) is 0 Å². The SMILES string of the molecule is CN(C)C(=O)CN=C(NCCc1cccs1)NCCc1nc2c(s1)CCCC2.I. The van der Waals surface area contributed by atoms with Crippen molar-refractivity contribution < 1.29 is 4.79 Å². The van der Waals surface area contributed by atoms with Crippen LogP contribution < -0.4 is 10.6 Å². The average molecular weight is 548 g/mol. The Morgan fingerprint density at radius 1 is 1.21 bits per heavy atom. The number of aryl methyl sites for hydroxylation is 2. The average Bonchev–Trinajstić information content (AvgIpc) is 3.34. The standard InChI is InChI=1S/C20H29N5OS2.HI/c1-25(2)19(26)14-23-20(21-11-9-15-6-5-13-27-15)22-12-10-18-24-16-7-3-4-8-17(16)28-18;/h5-6,13H,3-4,7-12,14H2,1-2H3,(H2,21,22,23);1H. The molecule has 0 radical (unpaired) electrons. The van der Waals surface area contributed by atoms with Gasteiger partial charge in [0.15, 0.2) is 5.96 Å². The molecule has 0 fully saturated rings. The highest BCUT2D eigenvalue weighted by molar-refractivity contribution is 14.0. The first-order chi connectivity index (χ1) is 13.6. The van der Waals surface area contributed by atoms with Crippen molar-refractivity contribution in [2.75, 3.05) is 33.7 Å². The molecular weight excluding hydrogens is 517 g/mol. The van der Waals surface area contributed by atoms with Crippen molar-refractivity contribution >= 4 is 58.5 Å². The number of thiazole rings is 1. The first kappa shape index (κ1) is 24.1. The number of guanidine groups is 1. The number of carbonyl (C=O) groups is 1. The summed E-state index contributed by atoms with van der Waals surface area (Å²) in [6, 6.07) is 4.20. The van der Waals surface area contributed by atoms with Gasteiger partial charge in [0.25, 0.3) is 0 Å². The second-order valence-electron chi connectivity index (χ2n) is 7.07. The Morgan fingerprint density at radius 3 is 2.66 bits per heavy atom. The highest BCUT2D eigenvalue weighted by Crippen LogP contribution is 2.26. The molecule has 0 saturated heterocycles. The number of aromatic nitrogens is 1. The van der Waals surface area contributed by atoms with Crippen molar-refractivity contribution in [1.82, 2.24) is 20.5 Å². The number of hydrogen-bond acceptors (Lipinski definition) is 5. The number of thiophene rings is 1. The van der Waals surface area contributed by atoms with Gasteiger partial charge in [0.2, 0.25) is 5.91 Å². The number of halogens is 1. The van der Waals surface area contributed by atoms with Gasteiger partial charge in [-0.25, -0.2) is 9.98 Å². The summed E-state index contributed by atoms with van der Waals surface area (Å²) >= 11 is 3.61. The van der Waals surface area contributed by atoms with E-state index < -0.39 is 0 Å². The molecule has 2 aromatic heterocycles. The third kappa shape index (κ3) is 7.86. The molecule has 2 heterocycles. The van der Waals surface area contributed by atoms with Gasteiger partial charge in [-0.15, -0.1) is 46.7 Å². The molecule has 0 unspecified atom stereocenters. The van der Waals surface area contributed by atoms with E-state index in [1.54, 1.807) is 30.3 Å². The number of amides is 1. The molecule has 2 aromatic rings. The second kappa shape index (κ2) is 12.5. The van der Waals surface area contributed by atoms with Gasteiger partial charge in [-0.2, -0.15) is 0 Å². The van der Waals surface area contributed by atoms with E-state index in [-0.39, 0.29) is 36.4 Å². The number of nitrogens with zero attached hydrogens (tertiary/aromatic N) is 3. The van der Waals surface area contributed by atoms with Crippen molar-refractivity contribution in [3.05, 3.63) is 38.0 Å². The highest BCUT2D eigenvalue weighted by atomic mass is 127. The Balaban J connectivity index is 0.00000300. The number of carbonyl (C=O) groups excluding carboxylic acids is 1. The minimum Gasteiger partial charge on any atom is -0.356 e. The zero-order chi connectivity index (χ0) is 19.8. The van der Waals surface area contributed by atoms with Crippen molar-refractivity contribution in [3.8, 4) is 0 Å². The van der Waals surface area contributed by atoms with Gasteiger partial charge in [0.1, 0.15) is 6.54 Å². The lowest BCUT2D eigenvalue weighted by Crippen LogP contribution is -2.40. The Bertz CT molecular complexity index is 765. The van der Waals surface area contributed by atoms with E-state index in [0.717, 1.165) is 32.4 Å². The van der Waals surface area contributed by atoms with Crippen LogP contribution in [0.3, 0.4) is 0 Å². The zero-order valence-electron chi connectivity index (χ0n) is 17.1. The molecule has 1 amide bonds. The molecule has 3 rings (SSSR count). The van der Waals surface area contributed by atoms with Crippen LogP contribution in [0.2, 0.25) is 0 Å². The Hall–Kier alpha value is -1.20. The monoisotopic (exact) mass is 547 g/mol. The zero-order valence-corrected chi connectivity index (χ0v) is 21.0. The van der Waals surface area contributed by atoms with Gasteiger partial charge < -0.3 is 15.5 Å². The minimum absolute atomic E-state index is 0. The molecular formula is C20H30IN5OS2. The summed E-state index contributed by atoms with van der Waals surface area (Å²) in [5.41, 5.74) is 1.31. The topological polar surface area (TPSA) is 69.6 Å². The van der Waals surface area contributed by atoms with Crippen LogP contribution in [0.25, 0.3) is 0 Å². The second-order valence-corrected chi connectivity index (χ2v) is 9.27. The number of nitrogens with one attached hydrogen (secondary N) is 2. The molecule has 0 aliphatic heterocycles. The third-order valence-corrected chi connectivity index (χ3v) is 6.79. The quantitative estimate of drug-likeness (QED) is 0.303. The van der Waals surface area contributed by atoms with Gasteiger partial charge in [0.05, 0.1) is 10.7 Å². The molecule has 0 aromatic carbocycles. The van der Waals surface area contributed by atoms with Gasteiger partial charge in [-0.1, -0.05) is 6.07 Å². The van der Waals surface area contributed by atoms with Crippen LogP contribution in [0.5, 0.6) is 0 Å². The Labute approximate surface area is 198 Å². The molecule has 9 heteroatoms. The van der Waals surface area contributed by atoms with Gasteiger partial charge in [0, 0.05) is 43.4 Å². The van der Waals surface area contributed by atoms with E-state index in [1.165, 1.54) is 39.7 Å². The largest absolute Gasteiger partial charge is 0.356 e. The summed E-state index contributed by atoms with van der Waals surface area (Å²) in [6.07, 6.45) is 6.69. The highest BCUT2D eigenvalue weighted by Gasteiger charge is 2.15. The van der Waals surface area contributed by atoms with E-state index in [0.29, 0.717) is 5.96 Å². The third-order valence-electron chi connectivity index (χ3n) is 4.64. The molecule has 2 N–H and O–H groups in total. The van der Waals surface area contributed by atoms with Crippen LogP contribution in [0.4, 0.5) is 0 Å². The fourth-order valence-corrected chi connectivity index (χ4v) is 4.89. The van der Waals surface area contributed by atoms with E-state index in [1.807, 2.05) is 11.3 Å². The molecule has 29 heavy (non-hydrogen) atoms. The maximum absolute atomic E-state index is 11.9. The normalized spacial score (nSPS) is 13.4. The Kier molecular flexibility index (Phi) is 10.4. The van der Waals surface area contributed by atoms with Crippen LogP contribution in [0.15, 0.2) is 22.5 Å². The van der Waals surface area contributed by atoms with Gasteiger partial charge >= 0.3 is 0 Å². The maximum atomic E-state index is 11.9. The summed E-state index contributed by atoms with van der Waals surface area (Å²) in [7, 11) is 3.50. The summed E-state index contributed by atoms with van der Waals surface area (Å²) in [6.45, 7) is 1.69. The molecule has 0 spiro atoms. The molecule has 1 aliphatic rings. The number of hydrogen-bond donors (Lipinski definition) is 2. The van der Waals surface area contributed by atoms with Crippen molar-refractivity contribution in [3.63, 3.8) is 0 Å². The predicted octanol–water partition coefficient (Wildman–Crippen LogP) is 3.11. The van der Waals surface area contributed by atoms with E-state index in [4.69, 9.17) is 4.98 Å². The van der Waals surface area contributed by atoms with E-state index >= 15 is 0 Å². The van der Waals surface area contributed by atoms with Crippen LogP contribution in [-0.4, -0.2) is 55.5 Å². The molecule has 0 bridgehead atoms. The maximum Gasteiger partial charge on any atom is 0.243 e. The fraction of sp³-hybridized carbons (Fsp3) is 0.550. The first-order valence-electron chi connectivity index (χ1n) is 9.84. The lowest BCUT2D eigenvalue weighted by molar-refractivity contribution is -0.127. The smallest absolute Gasteiger partial charge is 0.243 e. The summed E-state index contributed by atoms with van der Waals surface area (Å²) in [4.78, 5) is 25.5. The Morgan fingerprint density at radius 2 is 1.97 bits per heavy atom. The summed E-state index contributed by atoms with van der Waals surface area (Å²) < 4.78 is 0. The number of fused-ring (bicyclic) bond motifs is 1. The van der Waals surface area contributed by atoms with E-state index in [2.05, 4.69) is 33.1 Å². The van der Waals surface area contributed by atoms with Crippen molar-refractivity contribution in [2.45, 2.75) is 38.5 Å². The number of rotatable bonds is 8. The first-order valence-corrected chi connectivity index (χ1v) is 11.5. The number of likely N-dealkylation sites (N-methyl/N-ethyl adjacent to an activating group) is 1. The van der Waals surface area contributed by atoms with Crippen LogP contribution in [0.1, 0.15) is 33.3 Å². The minimum atomic E-state index is -0.00745. The lowest BCUT2D eigenvalue weighted by atomic mass is 10.0. The molecule has 1 aliphatic carbocycles. The van der Waals surface area contributed by atoms with Crippen molar-refractivity contribution in [2.24, 2.45) is 4.99 Å². The molecule has 160 valence electrons.